The third kappa shape index (κ3) is 2.92. The van der Waals surface area contributed by atoms with Crippen LogP contribution in [0.25, 0.3) is 11.3 Å². The van der Waals surface area contributed by atoms with E-state index in [0.717, 1.165) is 16.9 Å². The van der Waals surface area contributed by atoms with E-state index < -0.39 is 5.97 Å². The van der Waals surface area contributed by atoms with E-state index in [9.17, 15) is 4.79 Å². The third-order valence-electron chi connectivity index (χ3n) is 2.53. The molecule has 0 bridgehead atoms. The average Bonchev–Trinajstić information content (AvgIpc) is 2.76. The second-order valence-electron chi connectivity index (χ2n) is 3.89. The van der Waals surface area contributed by atoms with Crippen molar-refractivity contribution in [3.63, 3.8) is 0 Å². The molecule has 5 heteroatoms. The van der Waals surface area contributed by atoms with Gasteiger partial charge in [-0.15, -0.1) is 0 Å². The molecule has 0 amide bonds. The van der Waals surface area contributed by atoms with Crippen molar-refractivity contribution in [2.24, 2.45) is 0 Å². The van der Waals surface area contributed by atoms with Gasteiger partial charge in [-0.2, -0.15) is 0 Å². The minimum Gasteiger partial charge on any atom is -0.481 e. The standard InChI is InChI=1S/C12H13N3O2/c13-10-3-1-9(2-4-10)11-7-15(8-14-11)6-5-12(16)17/h1-4,7-8H,5-6,13H2,(H,16,17)/p+2. The maximum Gasteiger partial charge on any atom is 0.307 e. The van der Waals surface area contributed by atoms with Gasteiger partial charge in [0.1, 0.15) is 18.4 Å². The van der Waals surface area contributed by atoms with Crippen LogP contribution in [0.2, 0.25) is 0 Å². The molecular formula is C12H15N3O2+2. The first-order valence-corrected chi connectivity index (χ1v) is 5.37. The molecule has 1 aromatic carbocycles. The molecule has 0 unspecified atom stereocenters. The van der Waals surface area contributed by atoms with Gasteiger partial charge in [-0.25, -0.2) is 9.55 Å². The van der Waals surface area contributed by atoms with Crippen LogP contribution in [0.15, 0.2) is 36.8 Å². The van der Waals surface area contributed by atoms with Gasteiger partial charge in [-0.05, 0) is 24.3 Å². The molecule has 0 fully saturated rings. The van der Waals surface area contributed by atoms with Crippen molar-refractivity contribution in [2.45, 2.75) is 13.0 Å². The van der Waals surface area contributed by atoms with Crippen molar-refractivity contribution in [1.29, 1.82) is 0 Å². The molecule has 0 saturated carbocycles. The van der Waals surface area contributed by atoms with Crippen LogP contribution in [-0.4, -0.2) is 16.1 Å². The zero-order valence-corrected chi connectivity index (χ0v) is 9.39. The number of quaternary nitrogens is 1. The molecule has 0 aliphatic rings. The van der Waals surface area contributed by atoms with Crippen molar-refractivity contribution in [2.75, 3.05) is 0 Å². The fourth-order valence-corrected chi connectivity index (χ4v) is 1.59. The average molecular weight is 233 g/mol. The summed E-state index contributed by atoms with van der Waals surface area (Å²) in [5, 5.41) is 8.60. The second kappa shape index (κ2) is 4.80. The summed E-state index contributed by atoms with van der Waals surface area (Å²) in [6.45, 7) is 0.471. The fourth-order valence-electron chi connectivity index (χ4n) is 1.59. The predicted octanol–water partition coefficient (Wildman–Crippen LogP) is 0.317. The molecule has 2 rings (SSSR count). The summed E-state index contributed by atoms with van der Waals surface area (Å²) in [4.78, 5) is 13.6. The van der Waals surface area contributed by atoms with Crippen molar-refractivity contribution < 1.29 is 20.2 Å². The highest BCUT2D eigenvalue weighted by molar-refractivity contribution is 5.66. The number of hydrogen-bond acceptors (Lipinski definition) is 1. The van der Waals surface area contributed by atoms with Gasteiger partial charge in [-0.1, -0.05) is 0 Å². The molecule has 0 aliphatic carbocycles. The first kappa shape index (κ1) is 11.3. The lowest BCUT2D eigenvalue weighted by Gasteiger charge is -1.93. The second-order valence-corrected chi connectivity index (χ2v) is 3.89. The van der Waals surface area contributed by atoms with Crippen LogP contribution >= 0.6 is 0 Å². The first-order valence-electron chi connectivity index (χ1n) is 5.37. The maximum absolute atomic E-state index is 10.5. The summed E-state index contributed by atoms with van der Waals surface area (Å²) >= 11 is 0. The molecular weight excluding hydrogens is 218 g/mol. The number of nitrogens with one attached hydrogen (secondary N) is 1. The summed E-state index contributed by atoms with van der Waals surface area (Å²) in [5.74, 6) is -0.790. The Morgan fingerprint density at radius 3 is 2.71 bits per heavy atom. The highest BCUT2D eigenvalue weighted by Gasteiger charge is 2.09. The number of rotatable bonds is 4. The molecule has 0 radical (unpaired) electrons. The molecule has 17 heavy (non-hydrogen) atoms. The number of aromatic nitrogens is 2. The maximum atomic E-state index is 10.5. The monoisotopic (exact) mass is 233 g/mol. The van der Waals surface area contributed by atoms with Crippen LogP contribution in [0.5, 0.6) is 0 Å². The van der Waals surface area contributed by atoms with Crippen LogP contribution in [0.1, 0.15) is 6.42 Å². The molecule has 5 N–H and O–H groups in total. The molecule has 0 atom stereocenters. The Balaban J connectivity index is 2.12. The van der Waals surface area contributed by atoms with Crippen molar-refractivity contribution in [3.8, 4) is 11.3 Å². The SMILES string of the molecule is [NH3+]c1ccc(-c2c[n+](CCC(=O)O)c[nH]2)cc1. The first-order chi connectivity index (χ1) is 8.15. The zero-order chi connectivity index (χ0) is 12.3. The Morgan fingerprint density at radius 2 is 2.06 bits per heavy atom. The van der Waals surface area contributed by atoms with Gasteiger partial charge in [0.05, 0.1) is 6.42 Å². The summed E-state index contributed by atoms with van der Waals surface area (Å²) in [5.41, 5.74) is 6.83. The largest absolute Gasteiger partial charge is 0.481 e. The minimum atomic E-state index is -0.790. The van der Waals surface area contributed by atoms with E-state index in [4.69, 9.17) is 5.11 Å². The Hall–Kier alpha value is -2.14. The van der Waals surface area contributed by atoms with Gasteiger partial charge in [0.15, 0.2) is 5.69 Å². The fraction of sp³-hybridized carbons (Fsp3) is 0.167. The van der Waals surface area contributed by atoms with Gasteiger partial charge < -0.3 is 10.8 Å². The zero-order valence-electron chi connectivity index (χ0n) is 9.39. The number of aryl methyl sites for hydroxylation is 1. The van der Waals surface area contributed by atoms with Crippen LogP contribution < -0.4 is 10.3 Å². The molecule has 88 valence electrons. The Labute approximate surface area is 98.5 Å². The number of nitrogens with zero attached hydrogens (tertiary/aromatic N) is 1. The summed E-state index contributed by atoms with van der Waals surface area (Å²) < 4.78 is 1.83. The minimum absolute atomic E-state index is 0.125. The summed E-state index contributed by atoms with van der Waals surface area (Å²) in [6.07, 6.45) is 3.80. The molecule has 0 spiro atoms. The predicted molar refractivity (Wildman–Crippen MR) is 61.2 cm³/mol. The Kier molecular flexibility index (Phi) is 3.20. The number of benzene rings is 1. The van der Waals surface area contributed by atoms with E-state index in [1.165, 1.54) is 0 Å². The lowest BCUT2D eigenvalue weighted by Crippen LogP contribution is -2.39. The number of carboxylic acids is 1. The number of aromatic amines is 1. The van der Waals surface area contributed by atoms with E-state index in [1.807, 2.05) is 35.0 Å². The summed E-state index contributed by atoms with van der Waals surface area (Å²) in [6, 6.07) is 7.85. The van der Waals surface area contributed by atoms with Crippen molar-refractivity contribution in [3.05, 3.63) is 36.8 Å². The molecule has 5 nitrogen and oxygen atoms in total. The number of aliphatic carboxylic acids is 1. The van der Waals surface area contributed by atoms with Crippen LogP contribution in [0.4, 0.5) is 5.69 Å². The van der Waals surface area contributed by atoms with E-state index in [2.05, 4.69) is 10.7 Å². The highest BCUT2D eigenvalue weighted by Crippen LogP contribution is 2.15. The van der Waals surface area contributed by atoms with Crippen LogP contribution in [0.3, 0.4) is 0 Å². The third-order valence-corrected chi connectivity index (χ3v) is 2.53. The van der Waals surface area contributed by atoms with E-state index in [-0.39, 0.29) is 6.42 Å². The van der Waals surface area contributed by atoms with Gasteiger partial charge in [0.2, 0.25) is 6.33 Å². The quantitative estimate of drug-likeness (QED) is 0.664. The van der Waals surface area contributed by atoms with Crippen molar-refractivity contribution in [1.82, 2.24) is 4.98 Å². The smallest absolute Gasteiger partial charge is 0.307 e. The number of H-pyrrole nitrogens is 1. The van der Waals surface area contributed by atoms with Gasteiger partial charge in [0.25, 0.3) is 0 Å². The van der Waals surface area contributed by atoms with Gasteiger partial charge in [-0.3, -0.25) is 4.79 Å². The molecule has 1 heterocycles. The van der Waals surface area contributed by atoms with E-state index in [1.54, 1.807) is 6.33 Å². The molecule has 2 aromatic rings. The molecule has 0 aliphatic heterocycles. The lowest BCUT2D eigenvalue weighted by atomic mass is 10.1. The lowest BCUT2D eigenvalue weighted by molar-refractivity contribution is -0.694. The highest BCUT2D eigenvalue weighted by atomic mass is 16.4. The number of carbonyl (C=O) groups is 1. The molecule has 0 saturated heterocycles. The van der Waals surface area contributed by atoms with Gasteiger partial charge >= 0.3 is 5.97 Å². The number of hydrogen-bond donors (Lipinski definition) is 3. The van der Waals surface area contributed by atoms with E-state index in [0.29, 0.717) is 6.54 Å². The Bertz CT molecular complexity index is 517. The number of carboxylic acid groups (broad SMARTS) is 1. The summed E-state index contributed by atoms with van der Waals surface area (Å²) in [7, 11) is 0. The molecule has 1 aromatic heterocycles. The van der Waals surface area contributed by atoms with Crippen LogP contribution in [0, 0.1) is 0 Å². The normalized spacial score (nSPS) is 10.4. The Morgan fingerprint density at radius 1 is 1.35 bits per heavy atom. The number of imidazole rings is 1. The van der Waals surface area contributed by atoms with Crippen molar-refractivity contribution >= 4 is 11.7 Å². The topological polar surface area (TPSA) is 84.6 Å². The van der Waals surface area contributed by atoms with E-state index >= 15 is 0 Å². The van der Waals surface area contributed by atoms with Gasteiger partial charge in [0, 0.05) is 5.56 Å². The van der Waals surface area contributed by atoms with Crippen LogP contribution in [-0.2, 0) is 11.3 Å².